The largest absolute Gasteiger partial charge is 0.352 e. The number of carbonyl (C=O) groups is 1. The molecule has 1 fully saturated rings. The molecule has 0 bridgehead atoms. The van der Waals surface area contributed by atoms with E-state index in [1.807, 2.05) is 0 Å². The van der Waals surface area contributed by atoms with Gasteiger partial charge in [0.15, 0.2) is 0 Å². The molecule has 1 atom stereocenters. The Morgan fingerprint density at radius 3 is 2.33 bits per heavy atom. The van der Waals surface area contributed by atoms with Crippen LogP contribution in [0.2, 0.25) is 0 Å². The average Bonchev–Trinajstić information content (AvgIpc) is 2.51. The summed E-state index contributed by atoms with van der Waals surface area (Å²) >= 11 is 0. The van der Waals surface area contributed by atoms with Crippen molar-refractivity contribution in [1.29, 1.82) is 0 Å². The van der Waals surface area contributed by atoms with Gasteiger partial charge in [-0.15, -0.1) is 0 Å². The van der Waals surface area contributed by atoms with Crippen LogP contribution >= 0.6 is 0 Å². The number of aryl methyl sites for hydroxylation is 1. The maximum Gasteiger partial charge on any atom is 0.234 e. The summed E-state index contributed by atoms with van der Waals surface area (Å²) in [5.74, 6) is 0.857. The summed E-state index contributed by atoms with van der Waals surface area (Å²) in [7, 11) is 0. The molecule has 1 amide bonds. The molecule has 0 radical (unpaired) electrons. The molecule has 1 aliphatic rings. The number of nitrogens with zero attached hydrogens (tertiary/aromatic N) is 2. The monoisotopic (exact) mass is 331 g/mol. The molecule has 0 saturated carbocycles. The number of piperazine rings is 1. The van der Waals surface area contributed by atoms with Crippen LogP contribution in [0.4, 0.5) is 0 Å². The lowest BCUT2D eigenvalue weighted by Crippen LogP contribution is -2.51. The predicted octanol–water partition coefficient (Wildman–Crippen LogP) is 2.32. The van der Waals surface area contributed by atoms with Gasteiger partial charge in [0, 0.05) is 38.8 Å². The molecule has 1 aromatic carbocycles. The van der Waals surface area contributed by atoms with Crippen molar-refractivity contribution in [2.75, 3.05) is 39.3 Å². The van der Waals surface area contributed by atoms with E-state index < -0.39 is 0 Å². The number of nitrogens with one attached hydrogen (secondary N) is 1. The van der Waals surface area contributed by atoms with E-state index in [2.05, 4.69) is 67.1 Å². The Labute approximate surface area is 147 Å². The van der Waals surface area contributed by atoms with E-state index in [1.165, 1.54) is 11.1 Å². The minimum Gasteiger partial charge on any atom is -0.352 e. The van der Waals surface area contributed by atoms with Gasteiger partial charge in [0.2, 0.25) is 5.91 Å². The molecule has 1 unspecified atom stereocenters. The summed E-state index contributed by atoms with van der Waals surface area (Å²) in [6.07, 6.45) is 0.889. The third-order valence-corrected chi connectivity index (χ3v) is 4.65. The Morgan fingerprint density at radius 2 is 1.71 bits per heavy atom. The van der Waals surface area contributed by atoms with Crippen LogP contribution in [-0.2, 0) is 11.2 Å². The lowest BCUT2D eigenvalue weighted by atomic mass is 10.0. The van der Waals surface area contributed by atoms with Crippen LogP contribution in [0, 0.1) is 12.8 Å². The molecule has 1 N–H and O–H groups in total. The fourth-order valence-corrected chi connectivity index (χ4v) is 3.39. The molecular weight excluding hydrogens is 298 g/mol. The first kappa shape index (κ1) is 18.9. The maximum atomic E-state index is 12.3. The summed E-state index contributed by atoms with van der Waals surface area (Å²) in [5, 5.41) is 3.15. The number of hydrogen-bond donors (Lipinski definition) is 1. The third kappa shape index (κ3) is 6.25. The van der Waals surface area contributed by atoms with Crippen molar-refractivity contribution in [2.45, 2.75) is 40.2 Å². The molecule has 24 heavy (non-hydrogen) atoms. The first-order valence-electron chi connectivity index (χ1n) is 9.22. The average molecular weight is 332 g/mol. The van der Waals surface area contributed by atoms with E-state index in [-0.39, 0.29) is 11.9 Å². The Balaban J connectivity index is 1.71. The van der Waals surface area contributed by atoms with E-state index >= 15 is 0 Å². The van der Waals surface area contributed by atoms with Crippen molar-refractivity contribution in [1.82, 2.24) is 15.1 Å². The van der Waals surface area contributed by atoms with Gasteiger partial charge in [0.25, 0.3) is 0 Å². The first-order chi connectivity index (χ1) is 11.4. The number of hydrogen-bond acceptors (Lipinski definition) is 3. The normalized spacial score (nSPS) is 17.9. The standard InChI is InChI=1S/C20H33N3O/c1-16(2)14-22-9-11-23(12-10-22)15-20(24)21-18(4)13-19-8-6-5-7-17(19)3/h5-8,16,18H,9-15H2,1-4H3,(H,21,24). The van der Waals surface area contributed by atoms with Gasteiger partial charge in [-0.25, -0.2) is 0 Å². The van der Waals surface area contributed by atoms with E-state index in [0.29, 0.717) is 12.5 Å². The van der Waals surface area contributed by atoms with Crippen molar-refractivity contribution in [2.24, 2.45) is 5.92 Å². The van der Waals surface area contributed by atoms with E-state index in [4.69, 9.17) is 0 Å². The molecule has 134 valence electrons. The van der Waals surface area contributed by atoms with Crippen LogP contribution in [0.1, 0.15) is 31.9 Å². The third-order valence-electron chi connectivity index (χ3n) is 4.65. The number of carbonyl (C=O) groups excluding carboxylic acids is 1. The van der Waals surface area contributed by atoms with Gasteiger partial charge >= 0.3 is 0 Å². The molecular formula is C20H33N3O. The Kier molecular flexibility index (Phi) is 7.25. The predicted molar refractivity (Wildman–Crippen MR) is 100 cm³/mol. The van der Waals surface area contributed by atoms with Crippen LogP contribution in [-0.4, -0.2) is 61.0 Å². The van der Waals surface area contributed by atoms with E-state index in [0.717, 1.165) is 39.1 Å². The minimum absolute atomic E-state index is 0.147. The van der Waals surface area contributed by atoms with Gasteiger partial charge in [0.1, 0.15) is 0 Å². The van der Waals surface area contributed by atoms with Crippen molar-refractivity contribution in [3.8, 4) is 0 Å². The van der Waals surface area contributed by atoms with Gasteiger partial charge < -0.3 is 10.2 Å². The molecule has 2 rings (SSSR count). The Hall–Kier alpha value is -1.39. The highest BCUT2D eigenvalue weighted by Crippen LogP contribution is 2.10. The van der Waals surface area contributed by atoms with E-state index in [1.54, 1.807) is 0 Å². The summed E-state index contributed by atoms with van der Waals surface area (Å²) in [6.45, 7) is 14.5. The molecule has 1 aromatic rings. The van der Waals surface area contributed by atoms with Gasteiger partial charge in [-0.2, -0.15) is 0 Å². The summed E-state index contributed by atoms with van der Waals surface area (Å²) in [4.78, 5) is 17.1. The van der Waals surface area contributed by atoms with Crippen molar-refractivity contribution >= 4 is 5.91 Å². The zero-order chi connectivity index (χ0) is 17.5. The zero-order valence-electron chi connectivity index (χ0n) is 15.7. The van der Waals surface area contributed by atoms with Crippen molar-refractivity contribution in [3.05, 3.63) is 35.4 Å². The molecule has 4 heteroatoms. The lowest BCUT2D eigenvalue weighted by molar-refractivity contribution is -0.123. The highest BCUT2D eigenvalue weighted by Gasteiger charge is 2.20. The van der Waals surface area contributed by atoms with Crippen LogP contribution in [0.15, 0.2) is 24.3 Å². The van der Waals surface area contributed by atoms with Gasteiger partial charge in [-0.1, -0.05) is 38.1 Å². The topological polar surface area (TPSA) is 35.6 Å². The summed E-state index contributed by atoms with van der Waals surface area (Å²) in [6, 6.07) is 8.56. The summed E-state index contributed by atoms with van der Waals surface area (Å²) in [5.41, 5.74) is 2.60. The number of amides is 1. The second-order valence-electron chi connectivity index (χ2n) is 7.57. The second-order valence-corrected chi connectivity index (χ2v) is 7.57. The fourth-order valence-electron chi connectivity index (χ4n) is 3.39. The van der Waals surface area contributed by atoms with Crippen LogP contribution < -0.4 is 5.32 Å². The van der Waals surface area contributed by atoms with Crippen molar-refractivity contribution < 1.29 is 4.79 Å². The highest BCUT2D eigenvalue weighted by molar-refractivity contribution is 5.78. The molecule has 1 aliphatic heterocycles. The molecule has 1 saturated heterocycles. The fraction of sp³-hybridized carbons (Fsp3) is 0.650. The lowest BCUT2D eigenvalue weighted by Gasteiger charge is -2.35. The molecule has 1 heterocycles. The van der Waals surface area contributed by atoms with Gasteiger partial charge in [-0.3, -0.25) is 9.69 Å². The molecule has 0 aromatic heterocycles. The van der Waals surface area contributed by atoms with E-state index in [9.17, 15) is 4.79 Å². The molecule has 4 nitrogen and oxygen atoms in total. The molecule has 0 aliphatic carbocycles. The zero-order valence-corrected chi connectivity index (χ0v) is 15.7. The van der Waals surface area contributed by atoms with Gasteiger partial charge in [-0.05, 0) is 37.3 Å². The van der Waals surface area contributed by atoms with Crippen LogP contribution in [0.5, 0.6) is 0 Å². The second kappa shape index (κ2) is 9.19. The van der Waals surface area contributed by atoms with Crippen LogP contribution in [0.25, 0.3) is 0 Å². The summed E-state index contributed by atoms with van der Waals surface area (Å²) < 4.78 is 0. The number of benzene rings is 1. The minimum atomic E-state index is 0.147. The van der Waals surface area contributed by atoms with Crippen molar-refractivity contribution in [3.63, 3.8) is 0 Å². The van der Waals surface area contributed by atoms with Crippen LogP contribution in [0.3, 0.4) is 0 Å². The molecule has 0 spiro atoms. The Morgan fingerprint density at radius 1 is 1.08 bits per heavy atom. The maximum absolute atomic E-state index is 12.3. The quantitative estimate of drug-likeness (QED) is 0.833. The smallest absolute Gasteiger partial charge is 0.234 e. The number of rotatable bonds is 7. The van der Waals surface area contributed by atoms with Gasteiger partial charge in [0.05, 0.1) is 6.54 Å². The Bertz CT molecular complexity index is 521. The first-order valence-corrected chi connectivity index (χ1v) is 9.22. The SMILES string of the molecule is Cc1ccccc1CC(C)NC(=O)CN1CCN(CC(C)C)CC1. The highest BCUT2D eigenvalue weighted by atomic mass is 16.2.